The van der Waals surface area contributed by atoms with Crippen molar-refractivity contribution in [2.75, 3.05) is 14.2 Å². The standard InChI is InChI=1S/C20H20N2O4S/c1-22-17(23)14-15(18(22)24)20(19(25)26-2,11-12-7-4-3-5-8-12)21-16(14)13-9-6-10-27-13/h3-10,14-16,21H,11H2,1-2H3/t14-,15+,16+,20-/m1/s1. The van der Waals surface area contributed by atoms with Crippen molar-refractivity contribution >= 4 is 29.1 Å². The normalized spacial score (nSPS) is 29.9. The molecule has 1 N–H and O–H groups in total. The van der Waals surface area contributed by atoms with Gasteiger partial charge in [0.15, 0.2) is 0 Å². The number of methoxy groups -OCH3 is 1. The molecule has 0 saturated carbocycles. The molecule has 0 radical (unpaired) electrons. The van der Waals surface area contributed by atoms with Crippen LogP contribution in [-0.4, -0.2) is 42.4 Å². The highest BCUT2D eigenvalue weighted by Crippen LogP contribution is 2.50. The fraction of sp³-hybridized carbons (Fsp3) is 0.350. The molecule has 27 heavy (non-hydrogen) atoms. The van der Waals surface area contributed by atoms with Crippen LogP contribution in [0.1, 0.15) is 16.5 Å². The highest BCUT2D eigenvalue weighted by molar-refractivity contribution is 7.10. The quantitative estimate of drug-likeness (QED) is 0.642. The second-order valence-electron chi connectivity index (χ2n) is 7.00. The van der Waals surface area contributed by atoms with Crippen LogP contribution in [0.25, 0.3) is 0 Å². The van der Waals surface area contributed by atoms with E-state index < -0.39 is 29.4 Å². The molecule has 2 fully saturated rings. The van der Waals surface area contributed by atoms with E-state index in [1.165, 1.54) is 25.5 Å². The van der Waals surface area contributed by atoms with Crippen LogP contribution in [0.15, 0.2) is 47.8 Å². The molecule has 2 aliphatic heterocycles. The number of likely N-dealkylation sites (tertiary alicyclic amines) is 1. The van der Waals surface area contributed by atoms with Gasteiger partial charge in [0.05, 0.1) is 25.0 Å². The van der Waals surface area contributed by atoms with E-state index in [1.807, 2.05) is 47.8 Å². The van der Waals surface area contributed by atoms with Crippen LogP contribution in [-0.2, 0) is 25.5 Å². The molecule has 7 heteroatoms. The highest BCUT2D eigenvalue weighted by Gasteiger charge is 2.68. The second kappa shape index (κ2) is 6.58. The third kappa shape index (κ3) is 2.61. The van der Waals surface area contributed by atoms with Crippen molar-refractivity contribution in [3.63, 3.8) is 0 Å². The van der Waals surface area contributed by atoms with E-state index in [4.69, 9.17) is 4.74 Å². The zero-order chi connectivity index (χ0) is 19.2. The minimum atomic E-state index is -1.28. The minimum Gasteiger partial charge on any atom is -0.468 e. The Hall–Kier alpha value is -2.51. The van der Waals surface area contributed by atoms with Crippen LogP contribution < -0.4 is 5.32 Å². The van der Waals surface area contributed by atoms with Crippen LogP contribution in [0.5, 0.6) is 0 Å². The minimum absolute atomic E-state index is 0.255. The lowest BCUT2D eigenvalue weighted by molar-refractivity contribution is -0.153. The molecule has 2 aromatic rings. The molecule has 1 aromatic heterocycles. The molecule has 4 rings (SSSR count). The number of amides is 2. The summed E-state index contributed by atoms with van der Waals surface area (Å²) in [7, 11) is 2.80. The van der Waals surface area contributed by atoms with Gasteiger partial charge in [-0.2, -0.15) is 0 Å². The van der Waals surface area contributed by atoms with Gasteiger partial charge in [0.2, 0.25) is 11.8 Å². The summed E-state index contributed by atoms with van der Waals surface area (Å²) in [5, 5.41) is 5.28. The van der Waals surface area contributed by atoms with Gasteiger partial charge >= 0.3 is 5.97 Å². The number of carbonyl (C=O) groups is 3. The Bertz CT molecular complexity index is 883. The second-order valence-corrected chi connectivity index (χ2v) is 7.98. The first-order valence-electron chi connectivity index (χ1n) is 8.74. The van der Waals surface area contributed by atoms with Gasteiger partial charge in [-0.3, -0.25) is 24.6 Å². The number of carbonyl (C=O) groups excluding carboxylic acids is 3. The molecule has 4 atom stereocenters. The summed E-state index contributed by atoms with van der Waals surface area (Å²) < 4.78 is 5.12. The van der Waals surface area contributed by atoms with Crippen molar-refractivity contribution in [2.45, 2.75) is 18.0 Å². The SMILES string of the molecule is COC(=O)[C@]1(Cc2ccccc2)N[C@@H](c2cccs2)[C@@H]2C(=O)N(C)C(=O)[C@H]21. The van der Waals surface area contributed by atoms with Crippen molar-refractivity contribution in [1.29, 1.82) is 0 Å². The van der Waals surface area contributed by atoms with E-state index >= 15 is 0 Å². The number of hydrogen-bond donors (Lipinski definition) is 1. The molecule has 140 valence electrons. The van der Waals surface area contributed by atoms with Gasteiger partial charge in [0.25, 0.3) is 0 Å². The van der Waals surface area contributed by atoms with Crippen LogP contribution >= 0.6 is 11.3 Å². The van der Waals surface area contributed by atoms with Crippen molar-refractivity contribution in [1.82, 2.24) is 10.2 Å². The summed E-state index contributed by atoms with van der Waals surface area (Å²) >= 11 is 1.50. The van der Waals surface area contributed by atoms with Crippen molar-refractivity contribution in [3.05, 3.63) is 58.3 Å². The number of hydrogen-bond acceptors (Lipinski definition) is 6. The van der Waals surface area contributed by atoms with Gasteiger partial charge in [0.1, 0.15) is 5.54 Å². The smallest absolute Gasteiger partial charge is 0.327 e. The number of nitrogens with zero attached hydrogens (tertiary/aromatic N) is 1. The molecule has 0 bridgehead atoms. The van der Waals surface area contributed by atoms with Crippen molar-refractivity contribution in [2.24, 2.45) is 11.8 Å². The van der Waals surface area contributed by atoms with E-state index in [-0.39, 0.29) is 18.2 Å². The van der Waals surface area contributed by atoms with Gasteiger partial charge in [-0.15, -0.1) is 11.3 Å². The first-order chi connectivity index (χ1) is 13.0. The predicted molar refractivity (Wildman–Crippen MR) is 99.8 cm³/mol. The highest BCUT2D eigenvalue weighted by atomic mass is 32.1. The molecule has 0 aliphatic carbocycles. The molecule has 6 nitrogen and oxygen atoms in total. The van der Waals surface area contributed by atoms with Gasteiger partial charge < -0.3 is 4.74 Å². The maximum Gasteiger partial charge on any atom is 0.327 e. The Morgan fingerprint density at radius 2 is 1.93 bits per heavy atom. The van der Waals surface area contributed by atoms with Crippen LogP contribution in [0.3, 0.4) is 0 Å². The Morgan fingerprint density at radius 3 is 2.56 bits per heavy atom. The van der Waals surface area contributed by atoms with Crippen molar-refractivity contribution in [3.8, 4) is 0 Å². The van der Waals surface area contributed by atoms with Gasteiger partial charge in [-0.25, -0.2) is 0 Å². The molecular formula is C20H20N2O4S. The molecule has 0 spiro atoms. The topological polar surface area (TPSA) is 75.7 Å². The fourth-order valence-electron chi connectivity index (χ4n) is 4.38. The lowest BCUT2D eigenvalue weighted by Crippen LogP contribution is -2.57. The lowest BCUT2D eigenvalue weighted by atomic mass is 9.76. The molecule has 2 saturated heterocycles. The summed E-state index contributed by atoms with van der Waals surface area (Å²) in [6.07, 6.45) is 0.274. The largest absolute Gasteiger partial charge is 0.468 e. The summed E-state index contributed by atoms with van der Waals surface area (Å²) in [5.74, 6) is -2.52. The maximum atomic E-state index is 13.0. The lowest BCUT2D eigenvalue weighted by Gasteiger charge is -2.32. The number of ether oxygens (including phenoxy) is 1. The number of rotatable bonds is 4. The Kier molecular flexibility index (Phi) is 4.36. The zero-order valence-corrected chi connectivity index (χ0v) is 15.9. The zero-order valence-electron chi connectivity index (χ0n) is 15.0. The maximum absolute atomic E-state index is 13.0. The third-order valence-electron chi connectivity index (χ3n) is 5.60. The average Bonchev–Trinajstić information content (AvgIpc) is 3.37. The summed E-state index contributed by atoms with van der Waals surface area (Å²) in [5.41, 5.74) is -0.386. The van der Waals surface area contributed by atoms with Crippen molar-refractivity contribution < 1.29 is 19.1 Å². The summed E-state index contributed by atoms with van der Waals surface area (Å²) in [6.45, 7) is 0. The number of esters is 1. The number of benzene rings is 1. The molecule has 2 aliphatic rings. The van der Waals surface area contributed by atoms with E-state index in [2.05, 4.69) is 5.32 Å². The molecule has 0 unspecified atom stereocenters. The Labute approximate surface area is 161 Å². The van der Waals surface area contributed by atoms with E-state index in [9.17, 15) is 14.4 Å². The summed E-state index contributed by atoms with van der Waals surface area (Å²) in [6, 6.07) is 12.9. The van der Waals surface area contributed by atoms with E-state index in [1.54, 1.807) is 0 Å². The first kappa shape index (κ1) is 17.9. The monoisotopic (exact) mass is 384 g/mol. The van der Waals surface area contributed by atoms with Gasteiger partial charge in [-0.1, -0.05) is 36.4 Å². The average molecular weight is 384 g/mol. The molecular weight excluding hydrogens is 364 g/mol. The number of thiophene rings is 1. The summed E-state index contributed by atoms with van der Waals surface area (Å²) in [4.78, 5) is 40.9. The van der Waals surface area contributed by atoms with E-state index in [0.717, 1.165) is 15.3 Å². The first-order valence-corrected chi connectivity index (χ1v) is 9.62. The fourth-order valence-corrected chi connectivity index (χ4v) is 5.21. The molecule has 3 heterocycles. The van der Waals surface area contributed by atoms with Gasteiger partial charge in [-0.05, 0) is 17.0 Å². The van der Waals surface area contributed by atoms with Crippen LogP contribution in [0.4, 0.5) is 0 Å². The Balaban J connectivity index is 1.85. The number of nitrogens with one attached hydrogen (secondary N) is 1. The predicted octanol–water partition coefficient (Wildman–Crippen LogP) is 1.78. The third-order valence-corrected chi connectivity index (χ3v) is 6.56. The molecule has 1 aromatic carbocycles. The van der Waals surface area contributed by atoms with Crippen LogP contribution in [0, 0.1) is 11.8 Å². The van der Waals surface area contributed by atoms with Crippen LogP contribution in [0.2, 0.25) is 0 Å². The Morgan fingerprint density at radius 1 is 1.19 bits per heavy atom. The number of fused-ring (bicyclic) bond motifs is 1. The number of imide groups is 1. The van der Waals surface area contributed by atoms with Gasteiger partial charge in [0, 0.05) is 18.3 Å². The van der Waals surface area contributed by atoms with E-state index in [0.29, 0.717) is 0 Å². The molecule has 2 amide bonds.